The minimum absolute atomic E-state index is 0. The van der Waals surface area contributed by atoms with Gasteiger partial charge in [0.15, 0.2) is 0 Å². The summed E-state index contributed by atoms with van der Waals surface area (Å²) in [6.45, 7) is 0.294. The van der Waals surface area contributed by atoms with Gasteiger partial charge in [-0.15, -0.1) is 0 Å². The van der Waals surface area contributed by atoms with Gasteiger partial charge in [-0.3, -0.25) is 0 Å². The van der Waals surface area contributed by atoms with Crippen LogP contribution >= 0.6 is 0 Å². The van der Waals surface area contributed by atoms with Gasteiger partial charge in [0.05, 0.1) is 11.9 Å². The molecule has 0 aromatic heterocycles. The Morgan fingerprint density at radius 1 is 0.933 bits per heavy atom. The van der Waals surface area contributed by atoms with Gasteiger partial charge in [-0.2, -0.15) is 0 Å². The van der Waals surface area contributed by atoms with E-state index < -0.39 is 11.9 Å². The summed E-state index contributed by atoms with van der Waals surface area (Å²) in [7, 11) is 0. The monoisotopic (exact) mass is 441 g/mol. The Balaban J connectivity index is -0.0000000605. The van der Waals surface area contributed by atoms with Gasteiger partial charge < -0.3 is 55.2 Å². The van der Waals surface area contributed by atoms with E-state index in [-0.39, 0.29) is 61.8 Å². The number of nitrogens with one attached hydrogen (secondary N) is 2. The third-order valence-electron chi connectivity index (χ3n) is 1.02. The maximum Gasteiger partial charge on any atom is 2.00 e. The zero-order chi connectivity index (χ0) is 9.40. The molecule has 0 aromatic rings. The van der Waals surface area contributed by atoms with Crippen LogP contribution in [0.25, 0.3) is 0 Å². The van der Waals surface area contributed by atoms with Gasteiger partial charge in [-0.25, -0.2) is 0 Å². The molecule has 15 heavy (non-hydrogen) atoms. The molecule has 0 unspecified atom stereocenters. The van der Waals surface area contributed by atoms with Crippen LogP contribution in [0.5, 0.6) is 0 Å². The first-order valence-corrected chi connectivity index (χ1v) is 3.44. The molecule has 0 rings (SSSR count). The van der Waals surface area contributed by atoms with Gasteiger partial charge in [0, 0.05) is 26.2 Å². The molecule has 0 spiro atoms. The van der Waals surface area contributed by atoms with Crippen molar-refractivity contribution >= 4 is 11.9 Å². The van der Waals surface area contributed by atoms with Crippen molar-refractivity contribution in [3.63, 3.8) is 0 Å². The van der Waals surface area contributed by atoms with Crippen LogP contribution in [0.2, 0.25) is 0 Å². The van der Waals surface area contributed by atoms with Crippen molar-refractivity contribution in [2.24, 2.45) is 0 Å². The first kappa shape index (κ1) is 24.4. The zero-order valence-electron chi connectivity index (χ0n) is 9.53. The van der Waals surface area contributed by atoms with Crippen molar-refractivity contribution in [1.82, 2.24) is 10.6 Å². The van der Waals surface area contributed by atoms with E-state index in [0.717, 1.165) is 0 Å². The Labute approximate surface area is 117 Å². The largest absolute Gasteiger partial charge is 2.00 e. The standard InChI is InChI=1S/C6H12N2O4.2ClH.Pt/c9-5(10)3-7-1-2-8-4-6(11)12;;;/h7-8H,1-4H2,(H,9,10)(H,11,12);2*1H;/q;;;+2/p-2. The molecule has 0 amide bonds. The van der Waals surface area contributed by atoms with Crippen molar-refractivity contribution in [3.05, 3.63) is 0 Å². The average Bonchev–Trinajstić information content (AvgIpc) is 1.95. The summed E-state index contributed by atoms with van der Waals surface area (Å²) >= 11 is 0. The molecule has 0 aliphatic carbocycles. The number of carbonyl (C=O) groups is 2. The van der Waals surface area contributed by atoms with Crippen LogP contribution in [0.15, 0.2) is 0 Å². The Morgan fingerprint density at radius 3 is 1.40 bits per heavy atom. The first-order chi connectivity index (χ1) is 5.63. The fraction of sp³-hybridized carbons (Fsp3) is 0.667. The topological polar surface area (TPSA) is 104 Å². The Bertz CT molecular complexity index is 164. The van der Waals surface area contributed by atoms with Crippen LogP contribution in [-0.2, 0) is 30.7 Å². The van der Waals surface area contributed by atoms with Gasteiger partial charge in [0.25, 0.3) is 0 Å². The van der Waals surface area contributed by atoms with E-state index >= 15 is 0 Å². The van der Waals surface area contributed by atoms with Crippen LogP contribution in [0.1, 0.15) is 2.85 Å². The van der Waals surface area contributed by atoms with Crippen LogP contribution < -0.4 is 45.7 Å². The van der Waals surface area contributed by atoms with Crippen molar-refractivity contribution < 1.29 is 68.5 Å². The van der Waals surface area contributed by atoms with Crippen LogP contribution in [0.4, 0.5) is 0 Å². The minimum Gasteiger partial charge on any atom is -1.00 e. The second-order valence-corrected chi connectivity index (χ2v) is 2.10. The minimum atomic E-state index is -1.19. The number of carbonyl (C=O) groups excluding carboxylic acids is 2. The molecule has 0 aromatic carbocycles. The van der Waals surface area contributed by atoms with Crippen LogP contribution in [0.3, 0.4) is 0 Å². The smallest absolute Gasteiger partial charge is 1.00 e. The van der Waals surface area contributed by atoms with Crippen LogP contribution in [-0.4, -0.2) is 38.1 Å². The number of hydrogen-bond acceptors (Lipinski definition) is 6. The normalized spacial score (nSPS) is 7.73. The molecule has 6 nitrogen and oxygen atoms in total. The zero-order valence-corrected chi connectivity index (χ0v) is 11.3. The molecule has 0 saturated heterocycles. The van der Waals surface area contributed by atoms with Gasteiger partial charge in [-0.05, 0) is 0 Å². The van der Waals surface area contributed by atoms with E-state index in [0.29, 0.717) is 13.1 Å². The predicted molar refractivity (Wildman–Crippen MR) is 38.0 cm³/mol. The van der Waals surface area contributed by atoms with Crippen molar-refractivity contribution in [2.45, 2.75) is 0 Å². The summed E-state index contributed by atoms with van der Waals surface area (Å²) in [5, 5.41) is 24.7. The van der Waals surface area contributed by atoms with E-state index in [1.54, 1.807) is 0 Å². The average molecular weight is 442 g/mol. The molecule has 0 fully saturated rings. The molecule has 0 bridgehead atoms. The van der Waals surface area contributed by atoms with Gasteiger partial charge >= 0.3 is 23.9 Å². The molecule has 0 saturated carbocycles. The van der Waals surface area contributed by atoms with Crippen molar-refractivity contribution in [1.29, 1.82) is 0 Å². The third kappa shape index (κ3) is 24.9. The Hall–Kier alpha value is 0.128. The fourth-order valence-electron chi connectivity index (χ4n) is 0.558. The van der Waals surface area contributed by atoms with E-state index in [9.17, 15) is 19.8 Å². The van der Waals surface area contributed by atoms with Gasteiger partial charge in [0.1, 0.15) is 0 Å². The summed E-state index contributed by atoms with van der Waals surface area (Å²) in [5.74, 6) is -2.37. The summed E-state index contributed by atoms with van der Waals surface area (Å²) in [5.41, 5.74) is 0. The maximum atomic E-state index is 9.84. The fourth-order valence-corrected chi connectivity index (χ4v) is 0.558. The number of aliphatic carboxylic acids is 2. The number of halogens is 2. The molecular formula is C6H12Cl2N2O4Pt. The summed E-state index contributed by atoms with van der Waals surface area (Å²) < 4.78 is 0. The molecule has 0 radical (unpaired) electrons. The van der Waals surface area contributed by atoms with E-state index in [1.165, 1.54) is 0 Å². The number of carboxylic acid groups (broad SMARTS) is 2. The predicted octanol–water partition coefficient (Wildman–Crippen LogP) is -10.1. The molecule has 9 heteroatoms. The number of carboxylic acids is 2. The van der Waals surface area contributed by atoms with Crippen LogP contribution in [0, 0.1) is 0 Å². The quantitative estimate of drug-likeness (QED) is 0.380. The molecule has 94 valence electrons. The molecule has 0 aliphatic rings. The van der Waals surface area contributed by atoms with E-state index in [1.807, 2.05) is 0 Å². The van der Waals surface area contributed by atoms with Crippen molar-refractivity contribution in [3.8, 4) is 0 Å². The summed E-state index contributed by atoms with van der Waals surface area (Å²) in [6, 6.07) is 0. The molecule has 0 heterocycles. The summed E-state index contributed by atoms with van der Waals surface area (Å²) in [6.07, 6.45) is 0. The van der Waals surface area contributed by atoms with E-state index in [2.05, 4.69) is 10.6 Å². The second kappa shape index (κ2) is 16.6. The Morgan fingerprint density at radius 2 is 1.20 bits per heavy atom. The van der Waals surface area contributed by atoms with Crippen molar-refractivity contribution in [2.75, 3.05) is 26.2 Å². The van der Waals surface area contributed by atoms with Gasteiger partial charge in [-0.1, -0.05) is 0 Å². The second-order valence-electron chi connectivity index (χ2n) is 2.10. The Kier molecular flexibility index (Phi) is 26.9. The molecule has 2 N–H and O–H groups in total. The van der Waals surface area contributed by atoms with Gasteiger partial charge in [0.2, 0.25) is 0 Å². The van der Waals surface area contributed by atoms with E-state index in [4.69, 9.17) is 0 Å². The SMILES string of the molecule is O=C([O-])CNCCNCC(=O)[O-].[Cl-].[Cl-].[H+].[H+].[Pt+2]. The third-order valence-corrected chi connectivity index (χ3v) is 1.02. The number of hydrogen-bond donors (Lipinski definition) is 2. The molecular weight excluding hydrogens is 430 g/mol. The molecule has 0 aliphatic heterocycles. The number of rotatable bonds is 7. The molecule has 0 atom stereocenters. The first-order valence-electron chi connectivity index (χ1n) is 3.44. The maximum absolute atomic E-state index is 9.84. The summed E-state index contributed by atoms with van der Waals surface area (Å²) in [4.78, 5) is 19.7.